The molecule has 1 aromatic rings. The molecule has 0 amide bonds. The lowest BCUT2D eigenvalue weighted by molar-refractivity contribution is -0.155. The molecule has 0 aromatic heterocycles. The van der Waals surface area contributed by atoms with Crippen molar-refractivity contribution in [2.24, 2.45) is 0 Å². The fourth-order valence-electron chi connectivity index (χ4n) is 3.12. The molecule has 6 nitrogen and oxygen atoms in total. The number of rotatable bonds is 5. The molecular weight excluding hydrogens is 408 g/mol. The van der Waals surface area contributed by atoms with Crippen molar-refractivity contribution in [3.05, 3.63) is 41.5 Å². The van der Waals surface area contributed by atoms with Crippen molar-refractivity contribution in [2.75, 3.05) is 6.61 Å². The Morgan fingerprint density at radius 1 is 1.14 bits per heavy atom. The second-order valence-corrected chi connectivity index (χ2v) is 16.2. The summed E-state index contributed by atoms with van der Waals surface area (Å²) in [5.74, 6) is -0.739. The van der Waals surface area contributed by atoms with Gasteiger partial charge in [0.05, 0.1) is 11.5 Å². The van der Waals surface area contributed by atoms with Crippen molar-refractivity contribution in [1.29, 1.82) is 0 Å². The van der Waals surface area contributed by atoms with Gasteiger partial charge in [0.1, 0.15) is 12.2 Å². The molecule has 3 atom stereocenters. The summed E-state index contributed by atoms with van der Waals surface area (Å²) in [5, 5.41) is -0.107. The third-order valence-electron chi connectivity index (χ3n) is 5.83. The summed E-state index contributed by atoms with van der Waals surface area (Å²) in [7, 11) is -5.96. The lowest BCUT2D eigenvalue weighted by atomic mass is 10.1. The van der Waals surface area contributed by atoms with Gasteiger partial charge in [-0.2, -0.15) is 0 Å². The summed E-state index contributed by atoms with van der Waals surface area (Å²) in [6, 6.07) is 8.30. The van der Waals surface area contributed by atoms with Crippen LogP contribution in [0.4, 0.5) is 0 Å². The van der Waals surface area contributed by atoms with E-state index >= 15 is 0 Å². The Morgan fingerprint density at radius 3 is 2.28 bits per heavy atom. The highest BCUT2D eigenvalue weighted by Gasteiger charge is 2.50. The third-order valence-corrected chi connectivity index (χ3v) is 12.0. The first-order valence-electron chi connectivity index (χ1n) is 9.91. The molecule has 0 N–H and O–H groups in total. The summed E-state index contributed by atoms with van der Waals surface area (Å²) < 4.78 is 50.5. The van der Waals surface area contributed by atoms with E-state index in [1.54, 1.807) is 36.4 Å². The van der Waals surface area contributed by atoms with Crippen LogP contribution in [0.2, 0.25) is 18.1 Å². The highest BCUT2D eigenvalue weighted by atomic mass is 32.2. The zero-order valence-corrected chi connectivity index (χ0v) is 20.1. The van der Waals surface area contributed by atoms with E-state index in [1.807, 2.05) is 13.8 Å². The van der Waals surface area contributed by atoms with Crippen LogP contribution in [0.1, 0.15) is 34.6 Å². The minimum absolute atomic E-state index is 0.0290. The van der Waals surface area contributed by atoms with Crippen molar-refractivity contribution in [2.45, 2.75) is 81.7 Å². The van der Waals surface area contributed by atoms with E-state index in [9.17, 15) is 8.42 Å². The number of sulfone groups is 1. The Hall–Kier alpha value is -1.19. The summed E-state index contributed by atoms with van der Waals surface area (Å²) in [6.45, 7) is 14.7. The largest absolute Gasteiger partial charge is 0.474 e. The van der Waals surface area contributed by atoms with Crippen molar-refractivity contribution >= 4 is 18.2 Å². The van der Waals surface area contributed by atoms with E-state index in [2.05, 4.69) is 33.9 Å². The normalized spacial score (nSPS) is 27.6. The molecule has 0 spiro atoms. The predicted octanol–water partition coefficient (Wildman–Crippen LogP) is 4.24. The average molecular weight is 441 g/mol. The number of hydrogen-bond donors (Lipinski definition) is 0. The standard InChI is InChI=1S/C21H32O6SSi/c1-20(2,3)29(6,7)27-16-13-18(28(22,23)15-11-9-8-10-12-15)25-19(16)17-14-24-21(4,5)26-17/h8-13,16-17,19H,14H2,1-7H3/t16-,17-,19+/m1/s1. The third kappa shape index (κ3) is 4.61. The van der Waals surface area contributed by atoms with Crippen LogP contribution in [0.25, 0.3) is 0 Å². The lowest BCUT2D eigenvalue weighted by Gasteiger charge is -2.39. The second-order valence-electron chi connectivity index (χ2n) is 9.59. The molecule has 0 bridgehead atoms. The molecule has 0 aliphatic carbocycles. The van der Waals surface area contributed by atoms with Crippen LogP contribution in [0.5, 0.6) is 0 Å². The molecule has 1 fully saturated rings. The zero-order chi connectivity index (χ0) is 21.7. The number of benzene rings is 1. The van der Waals surface area contributed by atoms with Gasteiger partial charge in [0, 0.05) is 6.08 Å². The van der Waals surface area contributed by atoms with Crippen LogP contribution in [0.3, 0.4) is 0 Å². The Balaban J connectivity index is 1.93. The summed E-state index contributed by atoms with van der Waals surface area (Å²) in [6.07, 6.45) is 0.0769. The molecule has 29 heavy (non-hydrogen) atoms. The molecule has 0 unspecified atom stereocenters. The van der Waals surface area contributed by atoms with Crippen LogP contribution in [0.15, 0.2) is 46.4 Å². The van der Waals surface area contributed by atoms with Gasteiger partial charge >= 0.3 is 0 Å². The average Bonchev–Trinajstić information content (AvgIpc) is 3.17. The molecule has 8 heteroatoms. The summed E-state index contributed by atoms with van der Waals surface area (Å²) in [5.41, 5.74) is 0. The Labute approximate surface area is 175 Å². The molecule has 2 heterocycles. The fraction of sp³-hybridized carbons (Fsp3) is 0.619. The van der Waals surface area contributed by atoms with Crippen LogP contribution < -0.4 is 0 Å². The maximum absolute atomic E-state index is 13.1. The van der Waals surface area contributed by atoms with Crippen molar-refractivity contribution < 1.29 is 27.1 Å². The van der Waals surface area contributed by atoms with E-state index in [1.165, 1.54) is 0 Å². The minimum Gasteiger partial charge on any atom is -0.474 e. The van der Waals surface area contributed by atoms with Crippen LogP contribution in [-0.4, -0.2) is 47.4 Å². The minimum atomic E-state index is -3.78. The van der Waals surface area contributed by atoms with E-state index in [4.69, 9.17) is 18.6 Å². The molecule has 0 radical (unpaired) electrons. The Morgan fingerprint density at radius 2 is 1.76 bits per heavy atom. The molecule has 162 valence electrons. The van der Waals surface area contributed by atoms with Gasteiger partial charge in [-0.1, -0.05) is 39.0 Å². The molecular formula is C21H32O6SSi. The van der Waals surface area contributed by atoms with E-state index in [0.717, 1.165) is 0 Å². The molecule has 2 aliphatic rings. The molecule has 1 aromatic carbocycles. The molecule has 0 saturated carbocycles. The topological polar surface area (TPSA) is 71.1 Å². The van der Waals surface area contributed by atoms with Crippen molar-refractivity contribution in [3.63, 3.8) is 0 Å². The van der Waals surface area contributed by atoms with Gasteiger partial charge in [0.25, 0.3) is 0 Å². The SMILES string of the molecule is CC1(C)OC[C@H]([C@H]2OC(S(=O)(=O)c3ccccc3)=C[C@H]2O[Si](C)(C)C(C)(C)C)O1. The summed E-state index contributed by atoms with van der Waals surface area (Å²) in [4.78, 5) is 0.196. The number of ether oxygens (including phenoxy) is 3. The fourth-order valence-corrected chi connectivity index (χ4v) is 5.66. The van der Waals surface area contributed by atoms with E-state index in [-0.39, 0.29) is 15.0 Å². The first kappa shape index (κ1) is 22.5. The number of hydrogen-bond acceptors (Lipinski definition) is 6. The van der Waals surface area contributed by atoms with Gasteiger partial charge < -0.3 is 18.6 Å². The maximum Gasteiger partial charge on any atom is 0.238 e. The monoisotopic (exact) mass is 440 g/mol. The lowest BCUT2D eigenvalue weighted by Crippen LogP contribution is -2.48. The Bertz CT molecular complexity index is 870. The Kier molecular flexibility index (Phi) is 5.81. The van der Waals surface area contributed by atoms with Gasteiger partial charge in [-0.05, 0) is 44.1 Å². The second kappa shape index (κ2) is 7.49. The van der Waals surface area contributed by atoms with Gasteiger partial charge in [0.15, 0.2) is 20.2 Å². The molecule has 3 rings (SSSR count). The highest BCUT2D eigenvalue weighted by molar-refractivity contribution is 7.95. The van der Waals surface area contributed by atoms with Crippen molar-refractivity contribution in [3.8, 4) is 0 Å². The smallest absolute Gasteiger partial charge is 0.238 e. The maximum atomic E-state index is 13.1. The first-order valence-corrected chi connectivity index (χ1v) is 14.3. The highest BCUT2D eigenvalue weighted by Crippen LogP contribution is 2.41. The first-order chi connectivity index (χ1) is 13.2. The van der Waals surface area contributed by atoms with E-state index < -0.39 is 42.3 Å². The van der Waals surface area contributed by atoms with Gasteiger partial charge in [-0.15, -0.1) is 0 Å². The van der Waals surface area contributed by atoms with Gasteiger partial charge in [0.2, 0.25) is 14.9 Å². The van der Waals surface area contributed by atoms with Crippen LogP contribution >= 0.6 is 0 Å². The van der Waals surface area contributed by atoms with E-state index in [0.29, 0.717) is 6.61 Å². The van der Waals surface area contributed by atoms with Crippen LogP contribution in [0, 0.1) is 0 Å². The zero-order valence-electron chi connectivity index (χ0n) is 18.3. The molecule has 2 aliphatic heterocycles. The quantitative estimate of drug-likeness (QED) is 0.638. The summed E-state index contributed by atoms with van der Waals surface area (Å²) >= 11 is 0. The van der Waals surface area contributed by atoms with Crippen molar-refractivity contribution in [1.82, 2.24) is 0 Å². The predicted molar refractivity (Wildman–Crippen MR) is 114 cm³/mol. The van der Waals surface area contributed by atoms with Gasteiger partial charge in [-0.25, -0.2) is 8.42 Å². The van der Waals surface area contributed by atoms with Gasteiger partial charge in [-0.3, -0.25) is 0 Å². The molecule has 1 saturated heterocycles. The van der Waals surface area contributed by atoms with Crippen LogP contribution in [-0.2, 0) is 28.5 Å².